The monoisotopic (exact) mass is 288 g/mol. The number of carboxylic acid groups (broad SMARTS) is 1. The summed E-state index contributed by atoms with van der Waals surface area (Å²) in [5.74, 6) is 0.0931. The molecule has 0 saturated carbocycles. The summed E-state index contributed by atoms with van der Waals surface area (Å²) in [6.45, 7) is 10.1. The molecule has 2 rings (SSSR count). The van der Waals surface area contributed by atoms with Crippen LogP contribution in [0.15, 0.2) is 12.1 Å². The van der Waals surface area contributed by atoms with Gasteiger partial charge in [0.1, 0.15) is 11.9 Å². The van der Waals surface area contributed by atoms with E-state index in [0.717, 1.165) is 29.7 Å². The first-order valence-electron chi connectivity index (χ1n) is 7.57. The maximum Gasteiger partial charge on any atom is 0.327 e. The van der Waals surface area contributed by atoms with Crippen LogP contribution in [-0.2, 0) is 11.2 Å². The number of aryl methyl sites for hydroxylation is 3. The van der Waals surface area contributed by atoms with Crippen LogP contribution in [-0.4, -0.2) is 20.6 Å². The van der Waals surface area contributed by atoms with Crippen molar-refractivity contribution in [1.29, 1.82) is 0 Å². The zero-order valence-electron chi connectivity index (χ0n) is 13.5. The predicted molar refractivity (Wildman–Crippen MR) is 84.7 cm³/mol. The van der Waals surface area contributed by atoms with Gasteiger partial charge in [0.15, 0.2) is 0 Å². The van der Waals surface area contributed by atoms with Crippen LogP contribution in [0.5, 0.6) is 0 Å². The van der Waals surface area contributed by atoms with Crippen molar-refractivity contribution >= 4 is 17.0 Å². The van der Waals surface area contributed by atoms with Crippen LogP contribution in [0.4, 0.5) is 0 Å². The number of hydrogen-bond donors (Lipinski definition) is 1. The molecule has 1 aromatic heterocycles. The molecule has 0 saturated heterocycles. The van der Waals surface area contributed by atoms with Gasteiger partial charge < -0.3 is 9.67 Å². The van der Waals surface area contributed by atoms with Gasteiger partial charge in [-0.1, -0.05) is 20.8 Å². The average Bonchev–Trinajstić information content (AvgIpc) is 2.68. The van der Waals surface area contributed by atoms with Crippen molar-refractivity contribution in [2.24, 2.45) is 5.92 Å². The molecule has 1 heterocycles. The van der Waals surface area contributed by atoms with Crippen LogP contribution in [0, 0.1) is 19.8 Å². The van der Waals surface area contributed by atoms with E-state index in [4.69, 9.17) is 0 Å². The SMILES string of the molecule is CCCc1nc2cc(C)c(C)cc2n1C(C(=O)O)C(C)C. The number of fused-ring (bicyclic) bond motifs is 1. The lowest BCUT2D eigenvalue weighted by molar-refractivity contribution is -0.142. The molecule has 21 heavy (non-hydrogen) atoms. The van der Waals surface area contributed by atoms with Crippen LogP contribution in [0.3, 0.4) is 0 Å². The highest BCUT2D eigenvalue weighted by atomic mass is 16.4. The quantitative estimate of drug-likeness (QED) is 0.908. The molecule has 0 aliphatic heterocycles. The molecule has 114 valence electrons. The zero-order valence-corrected chi connectivity index (χ0v) is 13.5. The maximum atomic E-state index is 11.7. The Labute approximate surface area is 125 Å². The van der Waals surface area contributed by atoms with Gasteiger partial charge in [0, 0.05) is 6.42 Å². The van der Waals surface area contributed by atoms with E-state index in [9.17, 15) is 9.90 Å². The number of rotatable bonds is 5. The number of hydrogen-bond acceptors (Lipinski definition) is 2. The average molecular weight is 288 g/mol. The Morgan fingerprint density at radius 1 is 1.29 bits per heavy atom. The number of aliphatic carboxylic acids is 1. The molecule has 4 heteroatoms. The lowest BCUT2D eigenvalue weighted by atomic mass is 10.0. The topological polar surface area (TPSA) is 55.1 Å². The van der Waals surface area contributed by atoms with E-state index in [2.05, 4.69) is 37.9 Å². The minimum Gasteiger partial charge on any atom is -0.480 e. The second-order valence-electron chi connectivity index (χ2n) is 6.10. The van der Waals surface area contributed by atoms with Crippen molar-refractivity contribution in [2.45, 2.75) is 53.5 Å². The standard InChI is InChI=1S/C17H24N2O2/c1-6-7-15-18-13-8-11(4)12(5)9-14(13)19(15)16(10(2)3)17(20)21/h8-10,16H,6-7H2,1-5H3,(H,20,21). The maximum absolute atomic E-state index is 11.7. The van der Waals surface area contributed by atoms with E-state index in [1.54, 1.807) is 0 Å². The fourth-order valence-corrected chi connectivity index (χ4v) is 2.80. The van der Waals surface area contributed by atoms with Crippen LogP contribution in [0.1, 0.15) is 50.2 Å². The van der Waals surface area contributed by atoms with Crippen molar-refractivity contribution in [3.8, 4) is 0 Å². The Bertz CT molecular complexity index is 671. The fourth-order valence-electron chi connectivity index (χ4n) is 2.80. The Morgan fingerprint density at radius 3 is 2.43 bits per heavy atom. The molecular formula is C17H24N2O2. The highest BCUT2D eigenvalue weighted by molar-refractivity contribution is 5.82. The molecule has 4 nitrogen and oxygen atoms in total. The first-order chi connectivity index (χ1) is 9.86. The summed E-state index contributed by atoms with van der Waals surface area (Å²) >= 11 is 0. The Morgan fingerprint density at radius 2 is 1.90 bits per heavy atom. The van der Waals surface area contributed by atoms with E-state index in [1.165, 1.54) is 11.1 Å². The molecule has 0 aliphatic rings. The van der Waals surface area contributed by atoms with E-state index in [-0.39, 0.29) is 5.92 Å². The fraction of sp³-hybridized carbons (Fsp3) is 0.529. The van der Waals surface area contributed by atoms with Crippen LogP contribution < -0.4 is 0 Å². The summed E-state index contributed by atoms with van der Waals surface area (Å²) in [5.41, 5.74) is 4.18. The summed E-state index contributed by atoms with van der Waals surface area (Å²) in [6, 6.07) is 3.55. The molecular weight excluding hydrogens is 264 g/mol. The van der Waals surface area contributed by atoms with Crippen molar-refractivity contribution in [3.05, 3.63) is 29.1 Å². The molecule has 1 N–H and O–H groups in total. The van der Waals surface area contributed by atoms with Gasteiger partial charge in [-0.15, -0.1) is 0 Å². The number of nitrogens with zero attached hydrogens (tertiary/aromatic N) is 2. The summed E-state index contributed by atoms with van der Waals surface area (Å²) in [4.78, 5) is 16.4. The third-order valence-electron chi connectivity index (χ3n) is 4.01. The largest absolute Gasteiger partial charge is 0.480 e. The van der Waals surface area contributed by atoms with Crippen LogP contribution in [0.2, 0.25) is 0 Å². The third-order valence-corrected chi connectivity index (χ3v) is 4.01. The van der Waals surface area contributed by atoms with Gasteiger partial charge in [-0.2, -0.15) is 0 Å². The second kappa shape index (κ2) is 5.88. The molecule has 0 bridgehead atoms. The van der Waals surface area contributed by atoms with Crippen molar-refractivity contribution < 1.29 is 9.90 Å². The molecule has 0 radical (unpaired) electrons. The molecule has 2 aromatic rings. The van der Waals surface area contributed by atoms with Crippen LogP contribution in [0.25, 0.3) is 11.0 Å². The molecule has 1 atom stereocenters. The summed E-state index contributed by atoms with van der Waals surface area (Å²) in [6.07, 6.45) is 1.75. The summed E-state index contributed by atoms with van der Waals surface area (Å²) in [5, 5.41) is 9.64. The lowest BCUT2D eigenvalue weighted by Gasteiger charge is -2.21. The Hall–Kier alpha value is -1.84. The van der Waals surface area contributed by atoms with Crippen molar-refractivity contribution in [3.63, 3.8) is 0 Å². The van der Waals surface area contributed by atoms with Gasteiger partial charge in [0.25, 0.3) is 0 Å². The molecule has 1 unspecified atom stereocenters. The highest BCUT2D eigenvalue weighted by Crippen LogP contribution is 2.29. The first kappa shape index (κ1) is 15.5. The Balaban J connectivity index is 2.76. The summed E-state index contributed by atoms with van der Waals surface area (Å²) in [7, 11) is 0. The van der Waals surface area contributed by atoms with Gasteiger partial charge in [0.2, 0.25) is 0 Å². The number of aromatic nitrogens is 2. The van der Waals surface area contributed by atoms with Crippen molar-refractivity contribution in [2.75, 3.05) is 0 Å². The molecule has 1 aromatic carbocycles. The zero-order chi connectivity index (χ0) is 15.7. The van der Waals surface area contributed by atoms with E-state index in [0.29, 0.717) is 0 Å². The molecule has 0 spiro atoms. The minimum atomic E-state index is -0.792. The molecule has 0 amide bonds. The molecule has 0 aliphatic carbocycles. The normalized spacial score (nSPS) is 13.0. The van der Waals surface area contributed by atoms with Gasteiger partial charge in [0.05, 0.1) is 11.0 Å². The number of benzene rings is 1. The molecule has 0 fully saturated rings. The van der Waals surface area contributed by atoms with Gasteiger partial charge in [-0.25, -0.2) is 9.78 Å². The first-order valence-corrected chi connectivity index (χ1v) is 7.57. The lowest BCUT2D eigenvalue weighted by Crippen LogP contribution is -2.25. The number of carbonyl (C=O) groups is 1. The number of imidazole rings is 1. The number of carboxylic acids is 1. The van der Waals surface area contributed by atoms with E-state index >= 15 is 0 Å². The smallest absolute Gasteiger partial charge is 0.327 e. The minimum absolute atomic E-state index is 0.0112. The third kappa shape index (κ3) is 2.80. The Kier molecular flexibility index (Phi) is 4.35. The van der Waals surface area contributed by atoms with Gasteiger partial charge >= 0.3 is 5.97 Å². The van der Waals surface area contributed by atoms with Gasteiger partial charge in [-0.05, 0) is 49.4 Å². The van der Waals surface area contributed by atoms with Crippen LogP contribution >= 0.6 is 0 Å². The van der Waals surface area contributed by atoms with E-state index in [1.807, 2.05) is 18.4 Å². The second-order valence-corrected chi connectivity index (χ2v) is 6.10. The van der Waals surface area contributed by atoms with Gasteiger partial charge in [-0.3, -0.25) is 0 Å². The summed E-state index contributed by atoms with van der Waals surface area (Å²) < 4.78 is 1.93. The predicted octanol–water partition coefficient (Wildman–Crippen LogP) is 3.89. The van der Waals surface area contributed by atoms with E-state index < -0.39 is 12.0 Å². The van der Waals surface area contributed by atoms with Crippen molar-refractivity contribution in [1.82, 2.24) is 9.55 Å². The highest BCUT2D eigenvalue weighted by Gasteiger charge is 2.28.